The minimum atomic E-state index is -0.673. The molecule has 214 valence electrons. The van der Waals surface area contributed by atoms with Gasteiger partial charge in [-0.2, -0.15) is 0 Å². The second-order valence-corrected chi connectivity index (χ2v) is 11.6. The van der Waals surface area contributed by atoms with E-state index >= 15 is 0 Å². The standard InChI is InChI=1S/C28H35ClN6O4S/c1-4-38-24-15-21(29)20(14-23(24)35-11-12-39-18(2)16-35)26(36)31-27(37)32-28-30-22-6-5-19(13-25(22)40-28)17-34-9-7-33(3)8-10-34/h5-6,13-15,18H,4,7-12,16-17H2,1-3H3,(H2,30,31,32,36,37)/t18-/m1/s1. The van der Waals surface area contributed by atoms with Gasteiger partial charge in [0.25, 0.3) is 5.91 Å². The predicted octanol–water partition coefficient (Wildman–Crippen LogP) is 4.28. The average Bonchev–Trinajstić information content (AvgIpc) is 3.31. The van der Waals surface area contributed by atoms with E-state index in [1.807, 2.05) is 19.9 Å². The third-order valence-corrected chi connectivity index (χ3v) is 8.32. The Morgan fingerprint density at radius 1 is 1.18 bits per heavy atom. The molecule has 2 N–H and O–H groups in total. The molecule has 2 saturated heterocycles. The summed E-state index contributed by atoms with van der Waals surface area (Å²) in [5, 5.41) is 5.70. The summed E-state index contributed by atoms with van der Waals surface area (Å²) in [4.78, 5) is 37.3. The van der Waals surface area contributed by atoms with Crippen LogP contribution in [0.5, 0.6) is 5.75 Å². The largest absolute Gasteiger partial charge is 0.492 e. The van der Waals surface area contributed by atoms with E-state index in [2.05, 4.69) is 49.5 Å². The van der Waals surface area contributed by atoms with Gasteiger partial charge in [0.05, 0.1) is 45.8 Å². The molecule has 0 unspecified atom stereocenters. The van der Waals surface area contributed by atoms with Gasteiger partial charge in [-0.25, -0.2) is 9.78 Å². The number of aromatic nitrogens is 1. The maximum Gasteiger partial charge on any atom is 0.327 e. The lowest BCUT2D eigenvalue weighted by atomic mass is 10.1. The first-order chi connectivity index (χ1) is 19.3. The molecule has 3 heterocycles. The van der Waals surface area contributed by atoms with Crippen molar-refractivity contribution in [1.29, 1.82) is 0 Å². The molecule has 0 spiro atoms. The summed E-state index contributed by atoms with van der Waals surface area (Å²) in [6.07, 6.45) is 0.0404. The van der Waals surface area contributed by atoms with Crippen molar-refractivity contribution >= 4 is 55.9 Å². The average molecular weight is 587 g/mol. The third kappa shape index (κ3) is 6.84. The Morgan fingerprint density at radius 3 is 2.73 bits per heavy atom. The number of nitrogens with zero attached hydrogens (tertiary/aromatic N) is 4. The fourth-order valence-electron chi connectivity index (χ4n) is 4.96. The number of urea groups is 1. The van der Waals surface area contributed by atoms with Crippen molar-refractivity contribution < 1.29 is 19.1 Å². The molecular formula is C28H35ClN6O4S. The van der Waals surface area contributed by atoms with E-state index in [0.29, 0.717) is 37.2 Å². The quantitative estimate of drug-likeness (QED) is 0.423. The highest BCUT2D eigenvalue weighted by Gasteiger charge is 2.24. The fraction of sp³-hybridized carbons (Fsp3) is 0.464. The molecule has 5 rings (SSSR count). The molecule has 12 heteroatoms. The third-order valence-electron chi connectivity index (χ3n) is 7.08. The lowest BCUT2D eigenvalue weighted by molar-refractivity contribution is 0.0530. The smallest absolute Gasteiger partial charge is 0.327 e. The van der Waals surface area contributed by atoms with Crippen molar-refractivity contribution in [3.8, 4) is 5.75 Å². The highest BCUT2D eigenvalue weighted by Crippen LogP contribution is 2.35. The number of halogens is 1. The molecule has 0 saturated carbocycles. The van der Waals surface area contributed by atoms with Gasteiger partial charge in [-0.15, -0.1) is 0 Å². The van der Waals surface area contributed by atoms with Crippen molar-refractivity contribution in [2.75, 3.05) is 69.7 Å². The number of piperazine rings is 1. The van der Waals surface area contributed by atoms with Crippen molar-refractivity contribution in [3.05, 3.63) is 46.5 Å². The van der Waals surface area contributed by atoms with E-state index in [-0.39, 0.29) is 16.7 Å². The monoisotopic (exact) mass is 586 g/mol. The van der Waals surface area contributed by atoms with Crippen LogP contribution in [0.25, 0.3) is 10.2 Å². The summed E-state index contributed by atoms with van der Waals surface area (Å²) in [5.41, 5.74) is 2.94. The van der Waals surface area contributed by atoms with E-state index in [1.54, 1.807) is 12.1 Å². The molecule has 0 radical (unpaired) electrons. The zero-order valence-electron chi connectivity index (χ0n) is 23.0. The number of thiazole rings is 1. The van der Waals surface area contributed by atoms with E-state index in [4.69, 9.17) is 21.1 Å². The van der Waals surface area contributed by atoms with E-state index in [1.165, 1.54) is 16.9 Å². The first-order valence-corrected chi connectivity index (χ1v) is 14.7. The number of ether oxygens (including phenoxy) is 2. The number of fused-ring (bicyclic) bond motifs is 1. The highest BCUT2D eigenvalue weighted by molar-refractivity contribution is 7.22. The molecule has 2 fully saturated rings. The normalized spacial score (nSPS) is 18.6. The molecule has 1 aromatic heterocycles. The Morgan fingerprint density at radius 2 is 1.98 bits per heavy atom. The number of anilines is 2. The summed E-state index contributed by atoms with van der Waals surface area (Å²) in [6.45, 7) is 11.3. The minimum Gasteiger partial charge on any atom is -0.492 e. The van der Waals surface area contributed by atoms with Gasteiger partial charge in [0.15, 0.2) is 5.13 Å². The summed E-state index contributed by atoms with van der Waals surface area (Å²) < 4.78 is 12.4. The zero-order chi connectivity index (χ0) is 28.2. The zero-order valence-corrected chi connectivity index (χ0v) is 24.6. The van der Waals surface area contributed by atoms with Gasteiger partial charge in [0.2, 0.25) is 0 Å². The molecule has 3 amide bonds. The van der Waals surface area contributed by atoms with Crippen LogP contribution < -0.4 is 20.3 Å². The Kier molecular flexibility index (Phi) is 9.07. The molecule has 40 heavy (non-hydrogen) atoms. The van der Waals surface area contributed by atoms with Gasteiger partial charge in [0, 0.05) is 51.9 Å². The minimum absolute atomic E-state index is 0.0404. The van der Waals surface area contributed by atoms with Crippen molar-refractivity contribution in [3.63, 3.8) is 0 Å². The highest BCUT2D eigenvalue weighted by atomic mass is 35.5. The van der Waals surface area contributed by atoms with Crippen LogP contribution in [0, 0.1) is 0 Å². The van der Waals surface area contributed by atoms with Crippen LogP contribution in [0.4, 0.5) is 15.6 Å². The molecular weight excluding hydrogens is 552 g/mol. The maximum atomic E-state index is 13.1. The second kappa shape index (κ2) is 12.7. The van der Waals surface area contributed by atoms with Gasteiger partial charge in [-0.05, 0) is 44.7 Å². The Labute approximate surface area is 243 Å². The van der Waals surface area contributed by atoms with Crippen LogP contribution in [-0.2, 0) is 11.3 Å². The van der Waals surface area contributed by atoms with Crippen LogP contribution in [0.2, 0.25) is 5.02 Å². The number of nitrogens with one attached hydrogen (secondary N) is 2. The first kappa shape index (κ1) is 28.6. The van der Waals surface area contributed by atoms with E-state index < -0.39 is 11.9 Å². The lowest BCUT2D eigenvalue weighted by Gasteiger charge is -2.34. The van der Waals surface area contributed by atoms with Gasteiger partial charge in [-0.1, -0.05) is 29.0 Å². The molecule has 0 aliphatic carbocycles. The number of hydrogen-bond acceptors (Lipinski definition) is 9. The lowest BCUT2D eigenvalue weighted by Crippen LogP contribution is -2.43. The number of likely N-dealkylation sites (N-methyl/N-ethyl adjacent to an activating group) is 1. The van der Waals surface area contributed by atoms with Crippen LogP contribution in [0.15, 0.2) is 30.3 Å². The molecule has 2 aliphatic heterocycles. The Balaban J connectivity index is 1.25. The first-order valence-electron chi connectivity index (χ1n) is 13.5. The summed E-state index contributed by atoms with van der Waals surface area (Å²) in [5.74, 6) is -0.0206. The summed E-state index contributed by atoms with van der Waals surface area (Å²) >= 11 is 7.83. The topological polar surface area (TPSA) is 99.3 Å². The molecule has 1 atom stereocenters. The van der Waals surface area contributed by atoms with Crippen LogP contribution in [0.3, 0.4) is 0 Å². The van der Waals surface area contributed by atoms with Crippen LogP contribution in [0.1, 0.15) is 29.8 Å². The number of imide groups is 1. The summed E-state index contributed by atoms with van der Waals surface area (Å²) in [6, 6.07) is 8.79. The number of amides is 3. The maximum absolute atomic E-state index is 13.1. The van der Waals surface area contributed by atoms with Crippen LogP contribution in [-0.4, -0.2) is 92.4 Å². The van der Waals surface area contributed by atoms with Crippen molar-refractivity contribution in [2.45, 2.75) is 26.5 Å². The molecule has 10 nitrogen and oxygen atoms in total. The number of benzene rings is 2. The molecule has 0 bridgehead atoms. The number of morpholine rings is 1. The Hall–Kier alpha value is -2.96. The number of rotatable bonds is 7. The van der Waals surface area contributed by atoms with Gasteiger partial charge in [0.1, 0.15) is 5.75 Å². The fourth-order valence-corrected chi connectivity index (χ4v) is 6.12. The Bertz CT molecular complexity index is 1380. The van der Waals surface area contributed by atoms with Crippen molar-refractivity contribution in [2.24, 2.45) is 0 Å². The molecule has 2 aromatic carbocycles. The molecule has 3 aromatic rings. The SMILES string of the molecule is CCOc1cc(Cl)c(C(=O)NC(=O)Nc2nc3ccc(CN4CCN(C)CC4)cc3s2)cc1N1CCO[C@H](C)C1. The summed E-state index contributed by atoms with van der Waals surface area (Å²) in [7, 11) is 2.15. The molecule has 2 aliphatic rings. The number of carbonyl (C=O) groups excluding carboxylic acids is 2. The van der Waals surface area contributed by atoms with Crippen molar-refractivity contribution in [1.82, 2.24) is 20.1 Å². The van der Waals surface area contributed by atoms with Gasteiger partial charge >= 0.3 is 6.03 Å². The van der Waals surface area contributed by atoms with Crippen LogP contribution >= 0.6 is 22.9 Å². The number of carbonyl (C=O) groups is 2. The van der Waals surface area contributed by atoms with E-state index in [9.17, 15) is 9.59 Å². The van der Waals surface area contributed by atoms with Gasteiger partial charge in [-0.3, -0.25) is 20.3 Å². The predicted molar refractivity (Wildman–Crippen MR) is 159 cm³/mol. The number of hydrogen-bond donors (Lipinski definition) is 2. The van der Waals surface area contributed by atoms with E-state index in [0.717, 1.165) is 48.6 Å². The van der Waals surface area contributed by atoms with Gasteiger partial charge < -0.3 is 19.3 Å². The second-order valence-electron chi connectivity index (χ2n) is 10.2.